The maximum atomic E-state index is 13.0. The first-order chi connectivity index (χ1) is 11.5. The highest BCUT2D eigenvalue weighted by Crippen LogP contribution is 2.27. The average molecular weight is 324 g/mol. The van der Waals surface area contributed by atoms with Crippen LogP contribution in [0.3, 0.4) is 0 Å². The lowest BCUT2D eigenvalue weighted by atomic mass is 10.0. The fourth-order valence-corrected chi connectivity index (χ4v) is 3.43. The van der Waals surface area contributed by atoms with Crippen molar-refractivity contribution in [2.45, 2.75) is 18.9 Å². The van der Waals surface area contributed by atoms with E-state index in [-0.39, 0.29) is 17.9 Å². The van der Waals surface area contributed by atoms with Gasteiger partial charge in [-0.3, -0.25) is 4.79 Å². The summed E-state index contributed by atoms with van der Waals surface area (Å²) >= 11 is 0. The molecule has 4 rings (SSSR count). The standard InChI is InChI=1S/C17H20N6O/c1-11-5-12(16-19-3-4-22(16)6-11)17(24)23-7-13(14(18)8-23)15-9-21(2)10-20-15/h3-6,9-10,13-14H,7-8,18H2,1-2H3/t13-,14-/m1/s1. The van der Waals surface area contributed by atoms with Crippen molar-refractivity contribution in [3.8, 4) is 0 Å². The molecule has 0 bridgehead atoms. The van der Waals surface area contributed by atoms with Crippen molar-refractivity contribution < 1.29 is 4.79 Å². The topological polar surface area (TPSA) is 81.5 Å². The molecule has 1 saturated heterocycles. The van der Waals surface area contributed by atoms with E-state index in [1.54, 1.807) is 12.5 Å². The van der Waals surface area contributed by atoms with E-state index in [9.17, 15) is 4.79 Å². The number of carbonyl (C=O) groups excluding carboxylic acids is 1. The number of pyridine rings is 1. The van der Waals surface area contributed by atoms with Crippen molar-refractivity contribution in [2.24, 2.45) is 12.8 Å². The summed E-state index contributed by atoms with van der Waals surface area (Å²) in [6.07, 6.45) is 9.26. The number of hydrogen-bond acceptors (Lipinski definition) is 4. The summed E-state index contributed by atoms with van der Waals surface area (Å²) in [6.45, 7) is 3.08. The van der Waals surface area contributed by atoms with Gasteiger partial charge >= 0.3 is 0 Å². The van der Waals surface area contributed by atoms with Gasteiger partial charge in [-0.1, -0.05) is 0 Å². The van der Waals surface area contributed by atoms with Gasteiger partial charge in [0.2, 0.25) is 0 Å². The third kappa shape index (κ3) is 2.37. The Labute approximate surface area is 139 Å². The lowest BCUT2D eigenvalue weighted by Crippen LogP contribution is -2.32. The van der Waals surface area contributed by atoms with Gasteiger partial charge in [0.05, 0.1) is 17.6 Å². The third-order valence-electron chi connectivity index (χ3n) is 4.61. The van der Waals surface area contributed by atoms with Crippen LogP contribution in [0.4, 0.5) is 0 Å². The quantitative estimate of drug-likeness (QED) is 0.761. The van der Waals surface area contributed by atoms with Crippen LogP contribution in [0.15, 0.2) is 37.2 Å². The molecule has 3 aromatic rings. The van der Waals surface area contributed by atoms with Gasteiger partial charge in [0.25, 0.3) is 5.91 Å². The van der Waals surface area contributed by atoms with Gasteiger partial charge in [-0.05, 0) is 18.6 Å². The maximum absolute atomic E-state index is 13.0. The lowest BCUT2D eigenvalue weighted by molar-refractivity contribution is 0.0790. The number of rotatable bonds is 2. The highest BCUT2D eigenvalue weighted by Gasteiger charge is 2.36. The number of likely N-dealkylation sites (tertiary alicyclic amines) is 1. The molecule has 124 valence electrons. The van der Waals surface area contributed by atoms with E-state index < -0.39 is 0 Å². The Bertz CT molecular complexity index is 911. The number of nitrogens with zero attached hydrogens (tertiary/aromatic N) is 5. The molecule has 2 N–H and O–H groups in total. The molecule has 0 radical (unpaired) electrons. The maximum Gasteiger partial charge on any atom is 0.257 e. The van der Waals surface area contributed by atoms with Gasteiger partial charge < -0.3 is 19.6 Å². The molecule has 1 amide bonds. The Morgan fingerprint density at radius 1 is 1.29 bits per heavy atom. The Balaban J connectivity index is 1.64. The van der Waals surface area contributed by atoms with Crippen molar-refractivity contribution in [2.75, 3.05) is 13.1 Å². The van der Waals surface area contributed by atoms with Crippen LogP contribution in [0, 0.1) is 6.92 Å². The van der Waals surface area contributed by atoms with Crippen molar-refractivity contribution in [3.63, 3.8) is 0 Å². The number of aryl methyl sites for hydroxylation is 2. The molecule has 2 atom stereocenters. The monoisotopic (exact) mass is 324 g/mol. The summed E-state index contributed by atoms with van der Waals surface area (Å²) in [5.41, 5.74) is 9.55. The molecule has 1 aliphatic heterocycles. The zero-order valence-electron chi connectivity index (χ0n) is 13.8. The second-order valence-corrected chi connectivity index (χ2v) is 6.53. The molecule has 0 saturated carbocycles. The predicted molar refractivity (Wildman–Crippen MR) is 89.8 cm³/mol. The van der Waals surface area contributed by atoms with Gasteiger partial charge in [0, 0.05) is 56.9 Å². The van der Waals surface area contributed by atoms with E-state index in [0.29, 0.717) is 24.3 Å². The summed E-state index contributed by atoms with van der Waals surface area (Å²) < 4.78 is 3.79. The molecular weight excluding hydrogens is 304 g/mol. The first-order valence-electron chi connectivity index (χ1n) is 7.99. The number of carbonyl (C=O) groups is 1. The number of imidazole rings is 2. The van der Waals surface area contributed by atoms with Gasteiger partial charge in [0.15, 0.2) is 0 Å². The van der Waals surface area contributed by atoms with Crippen LogP contribution < -0.4 is 5.73 Å². The molecule has 0 aliphatic carbocycles. The zero-order chi connectivity index (χ0) is 16.8. The molecule has 3 aromatic heterocycles. The smallest absolute Gasteiger partial charge is 0.257 e. The van der Waals surface area contributed by atoms with Gasteiger partial charge in [-0.25, -0.2) is 9.97 Å². The fourth-order valence-electron chi connectivity index (χ4n) is 3.43. The Morgan fingerprint density at radius 2 is 2.12 bits per heavy atom. The zero-order valence-corrected chi connectivity index (χ0v) is 13.8. The van der Waals surface area contributed by atoms with Crippen LogP contribution in [0.25, 0.3) is 5.65 Å². The second-order valence-electron chi connectivity index (χ2n) is 6.53. The van der Waals surface area contributed by atoms with E-state index in [1.165, 1.54) is 0 Å². The minimum atomic E-state index is -0.107. The van der Waals surface area contributed by atoms with E-state index >= 15 is 0 Å². The number of amides is 1. The summed E-state index contributed by atoms with van der Waals surface area (Å²) in [5.74, 6) is 0.0412. The normalized spacial score (nSPS) is 20.9. The molecule has 0 unspecified atom stereocenters. The second kappa shape index (κ2) is 5.45. The van der Waals surface area contributed by atoms with E-state index in [4.69, 9.17) is 5.73 Å². The van der Waals surface area contributed by atoms with Crippen LogP contribution in [0.1, 0.15) is 27.5 Å². The van der Waals surface area contributed by atoms with Gasteiger partial charge in [-0.2, -0.15) is 0 Å². The first-order valence-corrected chi connectivity index (χ1v) is 7.99. The molecule has 1 fully saturated rings. The van der Waals surface area contributed by atoms with Crippen molar-refractivity contribution in [1.29, 1.82) is 0 Å². The van der Waals surface area contributed by atoms with E-state index in [2.05, 4.69) is 9.97 Å². The first kappa shape index (κ1) is 14.9. The van der Waals surface area contributed by atoms with E-state index in [1.807, 2.05) is 52.5 Å². The fraction of sp³-hybridized carbons (Fsp3) is 0.353. The van der Waals surface area contributed by atoms with Crippen LogP contribution in [-0.4, -0.2) is 48.9 Å². The summed E-state index contributed by atoms with van der Waals surface area (Å²) in [6, 6.07) is 1.79. The molecule has 1 aliphatic rings. The van der Waals surface area contributed by atoms with Gasteiger partial charge in [-0.15, -0.1) is 0 Å². The Hall–Kier alpha value is -2.67. The molecule has 7 heteroatoms. The lowest BCUT2D eigenvalue weighted by Gasteiger charge is -2.17. The highest BCUT2D eigenvalue weighted by atomic mass is 16.2. The molecule has 24 heavy (non-hydrogen) atoms. The summed E-state index contributed by atoms with van der Waals surface area (Å²) in [5, 5.41) is 0. The number of nitrogens with two attached hydrogens (primary N) is 1. The van der Waals surface area contributed by atoms with Crippen molar-refractivity contribution >= 4 is 11.6 Å². The average Bonchev–Trinajstić information content (AvgIpc) is 3.25. The SMILES string of the molecule is Cc1cc(C(=O)N2C[C@@H](N)[C@H](c3cn(C)cn3)C2)c2nccn2c1. The molecule has 4 heterocycles. The molecule has 0 spiro atoms. The van der Waals surface area contributed by atoms with Crippen LogP contribution in [0.5, 0.6) is 0 Å². The summed E-state index contributed by atoms with van der Waals surface area (Å²) in [4.78, 5) is 23.6. The largest absolute Gasteiger partial charge is 0.340 e. The third-order valence-corrected chi connectivity index (χ3v) is 4.61. The highest BCUT2D eigenvalue weighted by molar-refractivity contribution is 6.00. The summed E-state index contributed by atoms with van der Waals surface area (Å²) in [7, 11) is 1.93. The molecule has 0 aromatic carbocycles. The molecule has 7 nitrogen and oxygen atoms in total. The van der Waals surface area contributed by atoms with Crippen LogP contribution >= 0.6 is 0 Å². The minimum Gasteiger partial charge on any atom is -0.340 e. The Kier molecular flexibility index (Phi) is 3.38. The number of fused-ring (bicyclic) bond motifs is 1. The van der Waals surface area contributed by atoms with E-state index in [0.717, 1.165) is 11.3 Å². The molecular formula is C17H20N6O. The van der Waals surface area contributed by atoms with Crippen molar-refractivity contribution in [1.82, 2.24) is 23.8 Å². The van der Waals surface area contributed by atoms with Crippen LogP contribution in [-0.2, 0) is 7.05 Å². The predicted octanol–water partition coefficient (Wildman–Crippen LogP) is 0.943. The van der Waals surface area contributed by atoms with Gasteiger partial charge in [0.1, 0.15) is 5.65 Å². The Morgan fingerprint density at radius 3 is 2.88 bits per heavy atom. The van der Waals surface area contributed by atoms with Crippen LogP contribution in [0.2, 0.25) is 0 Å². The van der Waals surface area contributed by atoms with Crippen molar-refractivity contribution in [3.05, 3.63) is 54.0 Å². The number of hydrogen-bond donors (Lipinski definition) is 1. The number of aromatic nitrogens is 4. The minimum absolute atomic E-state index is 0.0243.